The Balaban J connectivity index is 2.52. The van der Waals surface area contributed by atoms with Gasteiger partial charge in [-0.05, 0) is 19.8 Å². The van der Waals surface area contributed by atoms with Crippen LogP contribution in [0.5, 0.6) is 0 Å². The lowest BCUT2D eigenvalue weighted by molar-refractivity contribution is -0.199. The Bertz CT molecular complexity index is 137. The first-order chi connectivity index (χ1) is 5.50. The van der Waals surface area contributed by atoms with Crippen LogP contribution in [0.15, 0.2) is 0 Å². The molecule has 1 aliphatic rings. The SMILES string of the molecule is C[C@H]1CCCO[C@@H](C(C)(C)C)O1. The van der Waals surface area contributed by atoms with Crippen LogP contribution in [0, 0.1) is 5.41 Å². The molecule has 0 aromatic heterocycles. The zero-order valence-electron chi connectivity index (χ0n) is 8.59. The summed E-state index contributed by atoms with van der Waals surface area (Å²) in [6.45, 7) is 9.40. The lowest BCUT2D eigenvalue weighted by atomic mass is 9.96. The Labute approximate surface area is 75.2 Å². The lowest BCUT2D eigenvalue weighted by Crippen LogP contribution is -2.33. The fourth-order valence-electron chi connectivity index (χ4n) is 1.33. The van der Waals surface area contributed by atoms with Gasteiger partial charge in [0.1, 0.15) is 0 Å². The van der Waals surface area contributed by atoms with Gasteiger partial charge in [-0.15, -0.1) is 0 Å². The van der Waals surface area contributed by atoms with Crippen molar-refractivity contribution in [3.8, 4) is 0 Å². The maximum Gasteiger partial charge on any atom is 0.162 e. The van der Waals surface area contributed by atoms with Gasteiger partial charge in [-0.25, -0.2) is 0 Å². The van der Waals surface area contributed by atoms with Crippen LogP contribution < -0.4 is 0 Å². The van der Waals surface area contributed by atoms with Crippen molar-refractivity contribution in [2.24, 2.45) is 5.41 Å². The first-order valence-electron chi connectivity index (χ1n) is 4.77. The topological polar surface area (TPSA) is 18.5 Å². The molecule has 0 aliphatic carbocycles. The highest BCUT2D eigenvalue weighted by molar-refractivity contribution is 4.70. The van der Waals surface area contributed by atoms with Crippen molar-refractivity contribution >= 4 is 0 Å². The van der Waals surface area contributed by atoms with Gasteiger partial charge < -0.3 is 9.47 Å². The second kappa shape index (κ2) is 3.75. The van der Waals surface area contributed by atoms with E-state index in [0.29, 0.717) is 6.10 Å². The van der Waals surface area contributed by atoms with E-state index < -0.39 is 0 Å². The third-order valence-corrected chi connectivity index (χ3v) is 2.09. The molecule has 2 atom stereocenters. The molecule has 0 aromatic rings. The Kier molecular flexibility index (Phi) is 3.13. The Morgan fingerprint density at radius 2 is 1.92 bits per heavy atom. The van der Waals surface area contributed by atoms with Crippen molar-refractivity contribution in [3.63, 3.8) is 0 Å². The van der Waals surface area contributed by atoms with Crippen molar-refractivity contribution in [1.29, 1.82) is 0 Å². The van der Waals surface area contributed by atoms with Gasteiger partial charge in [-0.2, -0.15) is 0 Å². The van der Waals surface area contributed by atoms with E-state index in [1.165, 1.54) is 0 Å². The van der Waals surface area contributed by atoms with Crippen LogP contribution in [0.2, 0.25) is 0 Å². The second-order valence-electron chi connectivity index (χ2n) is 4.66. The molecular weight excluding hydrogens is 152 g/mol. The van der Waals surface area contributed by atoms with Crippen LogP contribution in [0.1, 0.15) is 40.5 Å². The van der Waals surface area contributed by atoms with E-state index in [2.05, 4.69) is 27.7 Å². The van der Waals surface area contributed by atoms with Crippen molar-refractivity contribution in [2.75, 3.05) is 6.61 Å². The largest absolute Gasteiger partial charge is 0.352 e. The molecule has 0 aromatic carbocycles. The van der Waals surface area contributed by atoms with E-state index in [9.17, 15) is 0 Å². The second-order valence-corrected chi connectivity index (χ2v) is 4.66. The fourth-order valence-corrected chi connectivity index (χ4v) is 1.33. The molecule has 2 nitrogen and oxygen atoms in total. The molecule has 0 unspecified atom stereocenters. The van der Waals surface area contributed by atoms with E-state index in [1.54, 1.807) is 0 Å². The smallest absolute Gasteiger partial charge is 0.162 e. The van der Waals surface area contributed by atoms with Gasteiger partial charge >= 0.3 is 0 Å². The van der Waals surface area contributed by atoms with Gasteiger partial charge in [-0.3, -0.25) is 0 Å². The predicted octanol–water partition coefficient (Wildman–Crippen LogP) is 2.57. The molecule has 0 saturated carbocycles. The van der Waals surface area contributed by atoms with Gasteiger partial charge in [0.2, 0.25) is 0 Å². The average molecular weight is 172 g/mol. The summed E-state index contributed by atoms with van der Waals surface area (Å²) in [4.78, 5) is 0. The van der Waals surface area contributed by atoms with E-state index in [1.807, 2.05) is 0 Å². The molecule has 1 aliphatic heterocycles. The first kappa shape index (κ1) is 10.0. The molecule has 1 fully saturated rings. The summed E-state index contributed by atoms with van der Waals surface area (Å²) in [6, 6.07) is 0. The molecular formula is C10H20O2. The minimum Gasteiger partial charge on any atom is -0.352 e. The van der Waals surface area contributed by atoms with E-state index in [4.69, 9.17) is 9.47 Å². The van der Waals surface area contributed by atoms with Crippen LogP contribution >= 0.6 is 0 Å². The summed E-state index contributed by atoms with van der Waals surface area (Å²) >= 11 is 0. The Morgan fingerprint density at radius 3 is 2.50 bits per heavy atom. The zero-order chi connectivity index (χ0) is 9.19. The third-order valence-electron chi connectivity index (χ3n) is 2.09. The van der Waals surface area contributed by atoms with Crippen molar-refractivity contribution in [3.05, 3.63) is 0 Å². The van der Waals surface area contributed by atoms with E-state index in [0.717, 1.165) is 19.4 Å². The molecule has 0 radical (unpaired) electrons. The first-order valence-corrected chi connectivity index (χ1v) is 4.77. The van der Waals surface area contributed by atoms with Gasteiger partial charge in [0, 0.05) is 12.0 Å². The van der Waals surface area contributed by atoms with Crippen LogP contribution in [0.3, 0.4) is 0 Å². The number of rotatable bonds is 0. The lowest BCUT2D eigenvalue weighted by Gasteiger charge is -2.30. The highest BCUT2D eigenvalue weighted by Crippen LogP contribution is 2.27. The summed E-state index contributed by atoms with van der Waals surface area (Å²) in [5.41, 5.74) is 0.0958. The number of hydrogen-bond donors (Lipinski definition) is 0. The summed E-state index contributed by atoms with van der Waals surface area (Å²) in [7, 11) is 0. The zero-order valence-corrected chi connectivity index (χ0v) is 8.59. The molecule has 0 spiro atoms. The standard InChI is InChI=1S/C10H20O2/c1-8-6-5-7-11-9(12-8)10(2,3)4/h8-9H,5-7H2,1-4H3/t8-,9+/m0/s1. The molecule has 0 bridgehead atoms. The quantitative estimate of drug-likeness (QED) is 0.559. The molecule has 72 valence electrons. The number of hydrogen-bond acceptors (Lipinski definition) is 2. The molecule has 1 heterocycles. The maximum atomic E-state index is 5.75. The average Bonchev–Trinajstić information content (AvgIpc) is 2.11. The molecule has 12 heavy (non-hydrogen) atoms. The minimum absolute atomic E-state index is 0.0324. The molecule has 0 N–H and O–H groups in total. The molecule has 0 amide bonds. The van der Waals surface area contributed by atoms with Crippen molar-refractivity contribution < 1.29 is 9.47 Å². The van der Waals surface area contributed by atoms with E-state index >= 15 is 0 Å². The minimum atomic E-state index is -0.0324. The van der Waals surface area contributed by atoms with Crippen LogP contribution in [0.4, 0.5) is 0 Å². The Morgan fingerprint density at radius 1 is 1.25 bits per heavy atom. The van der Waals surface area contributed by atoms with Gasteiger partial charge in [0.05, 0.1) is 6.10 Å². The van der Waals surface area contributed by atoms with Crippen LogP contribution in [-0.2, 0) is 9.47 Å². The predicted molar refractivity (Wildman–Crippen MR) is 49.0 cm³/mol. The van der Waals surface area contributed by atoms with Crippen LogP contribution in [0.25, 0.3) is 0 Å². The number of ether oxygens (including phenoxy) is 2. The third kappa shape index (κ3) is 2.76. The maximum absolute atomic E-state index is 5.75. The molecule has 2 heteroatoms. The fraction of sp³-hybridized carbons (Fsp3) is 1.00. The summed E-state index contributed by atoms with van der Waals surface area (Å²) in [6.07, 6.45) is 2.55. The van der Waals surface area contributed by atoms with E-state index in [-0.39, 0.29) is 11.7 Å². The highest BCUT2D eigenvalue weighted by Gasteiger charge is 2.29. The normalized spacial score (nSPS) is 33.0. The van der Waals surface area contributed by atoms with Crippen molar-refractivity contribution in [1.82, 2.24) is 0 Å². The molecule has 1 saturated heterocycles. The van der Waals surface area contributed by atoms with Crippen LogP contribution in [-0.4, -0.2) is 19.0 Å². The van der Waals surface area contributed by atoms with Crippen molar-refractivity contribution in [2.45, 2.75) is 52.9 Å². The highest BCUT2D eigenvalue weighted by atomic mass is 16.7. The summed E-state index contributed by atoms with van der Waals surface area (Å²) in [5, 5.41) is 0. The van der Waals surface area contributed by atoms with Gasteiger partial charge in [-0.1, -0.05) is 20.8 Å². The summed E-state index contributed by atoms with van der Waals surface area (Å²) < 4.78 is 11.4. The Hall–Kier alpha value is -0.0800. The monoisotopic (exact) mass is 172 g/mol. The summed E-state index contributed by atoms with van der Waals surface area (Å²) in [5.74, 6) is 0. The van der Waals surface area contributed by atoms with Gasteiger partial charge in [0.25, 0.3) is 0 Å². The molecule has 1 rings (SSSR count). The van der Waals surface area contributed by atoms with Gasteiger partial charge in [0.15, 0.2) is 6.29 Å².